The highest BCUT2D eigenvalue weighted by atomic mass is 16.3. The van der Waals surface area contributed by atoms with Crippen LogP contribution in [0.25, 0.3) is 0 Å². The monoisotopic (exact) mass is 327 g/mol. The van der Waals surface area contributed by atoms with E-state index < -0.39 is 0 Å². The molecule has 0 atom stereocenters. The second-order valence-electron chi connectivity index (χ2n) is 6.10. The number of nitrogens with two attached hydrogens (primary N) is 1. The van der Waals surface area contributed by atoms with Crippen LogP contribution in [0.3, 0.4) is 0 Å². The Balaban J connectivity index is 1.62. The maximum absolute atomic E-state index is 12.4. The number of amides is 2. The van der Waals surface area contributed by atoms with Gasteiger partial charge in [-0.25, -0.2) is 0 Å². The van der Waals surface area contributed by atoms with Crippen LogP contribution in [-0.2, 0) is 0 Å². The third-order valence-corrected chi connectivity index (χ3v) is 4.23. The molecule has 6 heteroatoms. The van der Waals surface area contributed by atoms with Crippen molar-refractivity contribution in [2.75, 3.05) is 5.32 Å². The molecule has 24 heavy (non-hydrogen) atoms. The van der Waals surface area contributed by atoms with Gasteiger partial charge in [0.2, 0.25) is 0 Å². The molecule has 3 rings (SSSR count). The SMILES string of the molecule is NC1CCC(NC(=O)c2cccc(NC(=O)c3ccco3)c2)CC1. The first-order valence-corrected chi connectivity index (χ1v) is 8.13. The van der Waals surface area contributed by atoms with Gasteiger partial charge in [-0.3, -0.25) is 9.59 Å². The number of carbonyl (C=O) groups is 2. The fourth-order valence-electron chi connectivity index (χ4n) is 2.87. The molecule has 2 amide bonds. The van der Waals surface area contributed by atoms with Crippen molar-refractivity contribution in [1.29, 1.82) is 0 Å². The zero-order valence-corrected chi connectivity index (χ0v) is 13.3. The Labute approximate surface area is 140 Å². The highest BCUT2D eigenvalue weighted by molar-refractivity contribution is 6.03. The van der Waals surface area contributed by atoms with Crippen molar-refractivity contribution in [3.63, 3.8) is 0 Å². The number of hydrogen-bond donors (Lipinski definition) is 3. The van der Waals surface area contributed by atoms with Gasteiger partial charge in [0.25, 0.3) is 11.8 Å². The molecular formula is C18H21N3O3. The summed E-state index contributed by atoms with van der Waals surface area (Å²) in [5, 5.41) is 5.76. The van der Waals surface area contributed by atoms with E-state index >= 15 is 0 Å². The molecule has 0 spiro atoms. The van der Waals surface area contributed by atoms with Crippen LogP contribution in [0.15, 0.2) is 47.1 Å². The smallest absolute Gasteiger partial charge is 0.291 e. The Morgan fingerprint density at radius 3 is 2.54 bits per heavy atom. The highest BCUT2D eigenvalue weighted by Crippen LogP contribution is 2.18. The van der Waals surface area contributed by atoms with Crippen molar-refractivity contribution < 1.29 is 14.0 Å². The molecule has 0 radical (unpaired) electrons. The van der Waals surface area contributed by atoms with Crippen molar-refractivity contribution in [3.05, 3.63) is 54.0 Å². The lowest BCUT2D eigenvalue weighted by atomic mass is 9.91. The first-order valence-electron chi connectivity index (χ1n) is 8.13. The minimum absolute atomic E-state index is 0.135. The Bertz CT molecular complexity index is 704. The maximum atomic E-state index is 12.4. The van der Waals surface area contributed by atoms with Crippen molar-refractivity contribution in [1.82, 2.24) is 5.32 Å². The summed E-state index contributed by atoms with van der Waals surface area (Å²) in [6.45, 7) is 0. The fraction of sp³-hybridized carbons (Fsp3) is 0.333. The molecule has 1 aromatic carbocycles. The highest BCUT2D eigenvalue weighted by Gasteiger charge is 2.20. The summed E-state index contributed by atoms with van der Waals surface area (Å²) in [5.74, 6) is -0.258. The number of nitrogens with one attached hydrogen (secondary N) is 2. The summed E-state index contributed by atoms with van der Waals surface area (Å²) in [6, 6.07) is 10.5. The van der Waals surface area contributed by atoms with Crippen LogP contribution in [-0.4, -0.2) is 23.9 Å². The Morgan fingerprint density at radius 2 is 1.83 bits per heavy atom. The topological polar surface area (TPSA) is 97.4 Å². The molecule has 6 nitrogen and oxygen atoms in total. The van der Waals surface area contributed by atoms with E-state index in [1.54, 1.807) is 36.4 Å². The summed E-state index contributed by atoms with van der Waals surface area (Å²) in [7, 11) is 0. The van der Waals surface area contributed by atoms with Gasteiger partial charge in [0, 0.05) is 23.3 Å². The average Bonchev–Trinajstić information content (AvgIpc) is 3.12. The van der Waals surface area contributed by atoms with E-state index in [-0.39, 0.29) is 29.7 Å². The number of anilines is 1. The third kappa shape index (κ3) is 4.02. The van der Waals surface area contributed by atoms with Crippen LogP contribution >= 0.6 is 0 Å². The molecule has 0 unspecified atom stereocenters. The van der Waals surface area contributed by atoms with Crippen LogP contribution in [0.1, 0.15) is 46.6 Å². The van der Waals surface area contributed by atoms with Gasteiger partial charge in [-0.2, -0.15) is 0 Å². The molecule has 0 bridgehead atoms. The van der Waals surface area contributed by atoms with Crippen LogP contribution in [0, 0.1) is 0 Å². The molecule has 0 aliphatic heterocycles. The van der Waals surface area contributed by atoms with Crippen LogP contribution in [0.2, 0.25) is 0 Å². The standard InChI is InChI=1S/C18H21N3O3/c19-13-6-8-14(9-7-13)20-17(22)12-3-1-4-15(11-12)21-18(23)16-5-2-10-24-16/h1-5,10-11,13-14H,6-9,19H2,(H,20,22)(H,21,23). The lowest BCUT2D eigenvalue weighted by molar-refractivity contribution is 0.0924. The van der Waals surface area contributed by atoms with Gasteiger partial charge >= 0.3 is 0 Å². The number of hydrogen-bond acceptors (Lipinski definition) is 4. The lowest BCUT2D eigenvalue weighted by Gasteiger charge is -2.26. The second-order valence-corrected chi connectivity index (χ2v) is 6.10. The zero-order valence-electron chi connectivity index (χ0n) is 13.3. The van der Waals surface area contributed by atoms with Gasteiger partial charge in [-0.15, -0.1) is 0 Å². The molecular weight excluding hydrogens is 306 g/mol. The molecule has 1 heterocycles. The maximum Gasteiger partial charge on any atom is 0.291 e. The summed E-state index contributed by atoms with van der Waals surface area (Å²) < 4.78 is 5.05. The largest absolute Gasteiger partial charge is 0.459 e. The van der Waals surface area contributed by atoms with Gasteiger partial charge in [0.1, 0.15) is 0 Å². The molecule has 1 aliphatic carbocycles. The predicted molar refractivity (Wildman–Crippen MR) is 90.8 cm³/mol. The van der Waals surface area contributed by atoms with Gasteiger partial charge in [-0.05, 0) is 56.0 Å². The minimum atomic E-state index is -0.348. The molecule has 1 fully saturated rings. The summed E-state index contributed by atoms with van der Waals surface area (Å²) in [4.78, 5) is 24.4. The minimum Gasteiger partial charge on any atom is -0.459 e. The van der Waals surface area contributed by atoms with Crippen LogP contribution < -0.4 is 16.4 Å². The molecule has 126 valence electrons. The third-order valence-electron chi connectivity index (χ3n) is 4.23. The lowest BCUT2D eigenvalue weighted by Crippen LogP contribution is -2.40. The number of furan rings is 1. The quantitative estimate of drug-likeness (QED) is 0.804. The molecule has 1 saturated carbocycles. The van der Waals surface area contributed by atoms with Gasteiger partial charge in [-0.1, -0.05) is 6.07 Å². The van der Waals surface area contributed by atoms with Crippen molar-refractivity contribution >= 4 is 17.5 Å². The fourth-order valence-corrected chi connectivity index (χ4v) is 2.87. The number of carbonyl (C=O) groups excluding carboxylic acids is 2. The first-order chi connectivity index (χ1) is 11.6. The molecule has 2 aromatic rings. The summed E-state index contributed by atoms with van der Waals surface area (Å²) in [6.07, 6.45) is 5.12. The van der Waals surface area contributed by atoms with Gasteiger partial charge in [0.05, 0.1) is 6.26 Å². The van der Waals surface area contributed by atoms with E-state index in [9.17, 15) is 9.59 Å². The Hall–Kier alpha value is -2.60. The molecule has 0 saturated heterocycles. The molecule has 4 N–H and O–H groups in total. The van der Waals surface area contributed by atoms with Crippen molar-refractivity contribution in [2.24, 2.45) is 5.73 Å². The predicted octanol–water partition coefficient (Wildman–Crippen LogP) is 2.53. The Kier molecular flexibility index (Phi) is 4.96. The normalized spacial score (nSPS) is 20.4. The van der Waals surface area contributed by atoms with E-state index in [4.69, 9.17) is 10.2 Å². The molecule has 1 aliphatic rings. The Morgan fingerprint density at radius 1 is 1.04 bits per heavy atom. The van der Waals surface area contributed by atoms with E-state index in [2.05, 4.69) is 10.6 Å². The summed E-state index contributed by atoms with van der Waals surface area (Å²) >= 11 is 0. The van der Waals surface area contributed by atoms with E-state index in [0.717, 1.165) is 25.7 Å². The van der Waals surface area contributed by atoms with Crippen molar-refractivity contribution in [2.45, 2.75) is 37.8 Å². The van der Waals surface area contributed by atoms with Crippen LogP contribution in [0.5, 0.6) is 0 Å². The van der Waals surface area contributed by atoms with E-state index in [1.807, 2.05) is 0 Å². The van der Waals surface area contributed by atoms with Crippen molar-refractivity contribution in [3.8, 4) is 0 Å². The number of benzene rings is 1. The first kappa shape index (κ1) is 16.3. The van der Waals surface area contributed by atoms with Gasteiger partial charge < -0.3 is 20.8 Å². The van der Waals surface area contributed by atoms with Crippen LogP contribution in [0.4, 0.5) is 5.69 Å². The zero-order chi connectivity index (χ0) is 16.9. The van der Waals surface area contributed by atoms with E-state index in [1.165, 1.54) is 6.26 Å². The molecule has 1 aromatic heterocycles. The van der Waals surface area contributed by atoms with E-state index in [0.29, 0.717) is 11.3 Å². The second kappa shape index (κ2) is 7.31. The number of rotatable bonds is 4. The average molecular weight is 327 g/mol. The van der Waals surface area contributed by atoms with Gasteiger partial charge in [0.15, 0.2) is 5.76 Å². The summed E-state index contributed by atoms with van der Waals surface area (Å²) in [5.41, 5.74) is 6.95.